The molecule has 0 aromatic heterocycles. The number of para-hydroxylation sites is 1. The average Bonchev–Trinajstić information content (AvgIpc) is 2.84. The van der Waals surface area contributed by atoms with Crippen LogP contribution in [0.25, 0.3) is 0 Å². The summed E-state index contributed by atoms with van der Waals surface area (Å²) < 4.78 is 0. The van der Waals surface area contributed by atoms with Gasteiger partial charge in [-0.25, -0.2) is 0 Å². The minimum atomic E-state index is -0.482. The molecule has 2 rings (SSSR count). The van der Waals surface area contributed by atoms with E-state index in [0.717, 1.165) is 11.3 Å². The third-order valence-corrected chi connectivity index (χ3v) is 4.20. The van der Waals surface area contributed by atoms with Crippen LogP contribution >= 0.6 is 0 Å². The van der Waals surface area contributed by atoms with Crippen LogP contribution in [-0.2, 0) is 14.4 Å². The summed E-state index contributed by atoms with van der Waals surface area (Å²) in [6.07, 6.45) is 0.0743. The Hall–Kier alpha value is -2.37. The fourth-order valence-electron chi connectivity index (χ4n) is 2.78. The van der Waals surface area contributed by atoms with E-state index in [0.29, 0.717) is 13.1 Å². The molecule has 1 unspecified atom stereocenters. The molecule has 1 aliphatic heterocycles. The number of rotatable bonds is 6. The summed E-state index contributed by atoms with van der Waals surface area (Å²) >= 11 is 0. The number of nitrogens with zero attached hydrogens (tertiary/aromatic N) is 2. The first-order chi connectivity index (χ1) is 11.0. The van der Waals surface area contributed by atoms with Crippen molar-refractivity contribution in [2.24, 2.45) is 0 Å². The first-order valence-corrected chi connectivity index (χ1v) is 7.89. The molecule has 3 amide bonds. The number of fused-ring (bicyclic) bond motifs is 1. The lowest BCUT2D eigenvalue weighted by Gasteiger charge is -2.23. The number of benzene rings is 1. The van der Waals surface area contributed by atoms with Crippen LogP contribution < -0.4 is 5.32 Å². The zero-order chi connectivity index (χ0) is 17.0. The minimum Gasteiger partial charge on any atom is -0.342 e. The van der Waals surface area contributed by atoms with Gasteiger partial charge < -0.3 is 15.1 Å². The van der Waals surface area contributed by atoms with E-state index in [1.165, 1.54) is 4.90 Å². The van der Waals surface area contributed by atoms with Crippen molar-refractivity contribution in [2.45, 2.75) is 26.2 Å². The predicted octanol–water partition coefficient (Wildman–Crippen LogP) is 1.44. The molecule has 1 heterocycles. The molecule has 0 radical (unpaired) electrons. The van der Waals surface area contributed by atoms with Crippen molar-refractivity contribution >= 4 is 23.4 Å². The Bertz CT molecular complexity index is 611. The van der Waals surface area contributed by atoms with Crippen molar-refractivity contribution in [3.8, 4) is 0 Å². The highest BCUT2D eigenvalue weighted by Gasteiger charge is 2.33. The summed E-state index contributed by atoms with van der Waals surface area (Å²) in [5.74, 6) is -0.933. The topological polar surface area (TPSA) is 69.7 Å². The fourth-order valence-corrected chi connectivity index (χ4v) is 2.78. The number of amides is 3. The molecule has 0 saturated carbocycles. The highest BCUT2D eigenvalue weighted by Crippen LogP contribution is 2.34. The van der Waals surface area contributed by atoms with Gasteiger partial charge in [0, 0.05) is 32.2 Å². The van der Waals surface area contributed by atoms with Gasteiger partial charge in [0.15, 0.2) is 0 Å². The maximum Gasteiger partial charge on any atom is 0.242 e. The quantitative estimate of drug-likeness (QED) is 0.863. The summed E-state index contributed by atoms with van der Waals surface area (Å²) in [5.41, 5.74) is 1.60. The molecule has 0 aliphatic carbocycles. The minimum absolute atomic E-state index is 0.0382. The second-order valence-corrected chi connectivity index (χ2v) is 5.65. The molecule has 1 N–H and O–H groups in total. The molecule has 0 fully saturated rings. The van der Waals surface area contributed by atoms with E-state index in [2.05, 4.69) is 5.32 Å². The van der Waals surface area contributed by atoms with Gasteiger partial charge in [-0.15, -0.1) is 0 Å². The molecule has 1 aromatic rings. The van der Waals surface area contributed by atoms with E-state index < -0.39 is 5.92 Å². The van der Waals surface area contributed by atoms with Crippen LogP contribution in [-0.4, -0.2) is 54.2 Å². The normalized spacial score (nSPS) is 15.8. The van der Waals surface area contributed by atoms with Crippen molar-refractivity contribution < 1.29 is 14.4 Å². The number of hydrogen-bond acceptors (Lipinski definition) is 3. The molecule has 23 heavy (non-hydrogen) atoms. The Morgan fingerprint density at radius 3 is 2.43 bits per heavy atom. The second kappa shape index (κ2) is 7.26. The van der Waals surface area contributed by atoms with Gasteiger partial charge >= 0.3 is 0 Å². The number of carbonyl (C=O) groups is 3. The highest BCUT2D eigenvalue weighted by atomic mass is 16.2. The van der Waals surface area contributed by atoms with Crippen LogP contribution in [0.5, 0.6) is 0 Å². The number of nitrogens with one attached hydrogen (secondary N) is 1. The molecule has 1 aliphatic rings. The van der Waals surface area contributed by atoms with Crippen molar-refractivity contribution in [2.75, 3.05) is 32.0 Å². The maximum absolute atomic E-state index is 12.4. The van der Waals surface area contributed by atoms with Crippen LogP contribution in [0.2, 0.25) is 0 Å². The van der Waals surface area contributed by atoms with Crippen molar-refractivity contribution in [3.63, 3.8) is 0 Å². The van der Waals surface area contributed by atoms with Gasteiger partial charge in [0.25, 0.3) is 0 Å². The predicted molar refractivity (Wildman–Crippen MR) is 88.0 cm³/mol. The Morgan fingerprint density at radius 1 is 1.13 bits per heavy atom. The summed E-state index contributed by atoms with van der Waals surface area (Å²) in [4.78, 5) is 39.6. The van der Waals surface area contributed by atoms with Crippen LogP contribution in [0.15, 0.2) is 24.3 Å². The van der Waals surface area contributed by atoms with Crippen molar-refractivity contribution in [3.05, 3.63) is 29.8 Å². The Labute approximate surface area is 136 Å². The number of hydrogen-bond donors (Lipinski definition) is 1. The lowest BCUT2D eigenvalue weighted by Crippen LogP contribution is -2.41. The van der Waals surface area contributed by atoms with Gasteiger partial charge in [-0.3, -0.25) is 14.4 Å². The molecule has 6 heteroatoms. The highest BCUT2D eigenvalue weighted by molar-refractivity contribution is 6.05. The third-order valence-electron chi connectivity index (χ3n) is 4.20. The molecule has 124 valence electrons. The van der Waals surface area contributed by atoms with Gasteiger partial charge in [-0.2, -0.15) is 0 Å². The van der Waals surface area contributed by atoms with Gasteiger partial charge in [-0.1, -0.05) is 18.2 Å². The van der Waals surface area contributed by atoms with E-state index in [4.69, 9.17) is 0 Å². The van der Waals surface area contributed by atoms with Crippen molar-refractivity contribution in [1.82, 2.24) is 9.80 Å². The zero-order valence-electron chi connectivity index (χ0n) is 13.8. The summed E-state index contributed by atoms with van der Waals surface area (Å²) in [5, 5.41) is 2.78. The van der Waals surface area contributed by atoms with E-state index in [9.17, 15) is 14.4 Å². The molecule has 0 saturated heterocycles. The van der Waals surface area contributed by atoms with Gasteiger partial charge in [0.05, 0.1) is 12.5 Å². The molecular weight excluding hydrogens is 294 g/mol. The fraction of sp³-hybridized carbons (Fsp3) is 0.471. The molecule has 1 aromatic carbocycles. The monoisotopic (exact) mass is 317 g/mol. The third kappa shape index (κ3) is 3.70. The van der Waals surface area contributed by atoms with E-state index in [1.807, 2.05) is 38.1 Å². The smallest absolute Gasteiger partial charge is 0.242 e. The van der Waals surface area contributed by atoms with E-state index >= 15 is 0 Å². The van der Waals surface area contributed by atoms with E-state index in [1.54, 1.807) is 11.9 Å². The lowest BCUT2D eigenvalue weighted by atomic mass is 9.97. The largest absolute Gasteiger partial charge is 0.342 e. The maximum atomic E-state index is 12.4. The first-order valence-electron chi connectivity index (χ1n) is 7.89. The Balaban J connectivity index is 1.99. The number of likely N-dealkylation sites (N-methyl/N-ethyl adjacent to an activating group) is 2. The average molecular weight is 317 g/mol. The Kier molecular flexibility index (Phi) is 5.36. The number of anilines is 1. The molecule has 1 atom stereocenters. The molecule has 6 nitrogen and oxygen atoms in total. The van der Waals surface area contributed by atoms with Gasteiger partial charge in [0.2, 0.25) is 17.7 Å². The number of carbonyl (C=O) groups excluding carboxylic acids is 3. The lowest BCUT2D eigenvalue weighted by molar-refractivity contribution is -0.139. The van der Waals surface area contributed by atoms with Crippen LogP contribution in [0, 0.1) is 0 Å². The van der Waals surface area contributed by atoms with Gasteiger partial charge in [-0.05, 0) is 25.5 Å². The summed E-state index contributed by atoms with van der Waals surface area (Å²) in [7, 11) is 1.60. The standard InChI is InChI=1S/C17H23N3O3/c1-4-20(5-2)16(22)11-19(3)15(21)10-13-12-8-6-7-9-14(12)18-17(13)23/h6-9,13H,4-5,10-11H2,1-3H3,(H,18,23). The molecular formula is C17H23N3O3. The van der Waals surface area contributed by atoms with Crippen LogP contribution in [0.3, 0.4) is 0 Å². The van der Waals surface area contributed by atoms with E-state index in [-0.39, 0.29) is 30.7 Å². The first kappa shape index (κ1) is 17.0. The van der Waals surface area contributed by atoms with Crippen LogP contribution in [0.4, 0.5) is 5.69 Å². The zero-order valence-corrected chi connectivity index (χ0v) is 13.8. The molecule has 0 spiro atoms. The second-order valence-electron chi connectivity index (χ2n) is 5.65. The van der Waals surface area contributed by atoms with Crippen molar-refractivity contribution in [1.29, 1.82) is 0 Å². The molecule has 0 bridgehead atoms. The van der Waals surface area contributed by atoms with Crippen LogP contribution in [0.1, 0.15) is 31.7 Å². The summed E-state index contributed by atoms with van der Waals surface area (Å²) in [6.45, 7) is 5.09. The summed E-state index contributed by atoms with van der Waals surface area (Å²) in [6, 6.07) is 7.37. The SMILES string of the molecule is CCN(CC)C(=O)CN(C)C(=O)CC1C(=O)Nc2ccccc21. The van der Waals surface area contributed by atoms with Gasteiger partial charge in [0.1, 0.15) is 0 Å². The Morgan fingerprint density at radius 2 is 1.78 bits per heavy atom.